The van der Waals surface area contributed by atoms with Gasteiger partial charge in [-0.25, -0.2) is 4.79 Å². The molecule has 2 amide bonds. The number of ketones is 1. The van der Waals surface area contributed by atoms with Gasteiger partial charge in [0, 0.05) is 13.1 Å². The molecule has 0 unspecified atom stereocenters. The monoisotopic (exact) mass is 382 g/mol. The third-order valence-electron chi connectivity index (χ3n) is 5.68. The molecule has 3 rings (SSSR count). The average molecular weight is 382 g/mol. The van der Waals surface area contributed by atoms with Gasteiger partial charge in [0.25, 0.3) is 5.91 Å². The number of Topliss-reactive ketones (excluding diaryl/α,β-unsaturated/α-hetero) is 1. The number of rotatable bonds is 5. The lowest BCUT2D eigenvalue weighted by molar-refractivity contribution is -0.134. The third-order valence-corrected chi connectivity index (χ3v) is 5.68. The molecule has 0 aromatic carbocycles. The Morgan fingerprint density at radius 2 is 1.93 bits per heavy atom. The lowest BCUT2D eigenvalue weighted by atomic mass is 9.85. The van der Waals surface area contributed by atoms with Crippen molar-refractivity contribution in [3.8, 4) is 0 Å². The lowest BCUT2D eigenvalue weighted by Gasteiger charge is -2.30. The molecular formula is C19H30N2O6. The maximum absolute atomic E-state index is 12.8. The van der Waals surface area contributed by atoms with Crippen molar-refractivity contribution in [1.82, 2.24) is 10.2 Å². The van der Waals surface area contributed by atoms with Gasteiger partial charge < -0.3 is 24.4 Å². The summed E-state index contributed by atoms with van der Waals surface area (Å²) in [7, 11) is 0. The standard InChI is InChI=1S/C19H30N2O6/c1-13-17(15(22)12-26-13)20-18(23)16(11-14-5-3-2-4-6-14)27-19(24)21-7-9-25-10-8-21/h13-14,16-17H,2-12H2,1H3,(H,20,23)/t13-,16-,17+/m0/s1. The highest BCUT2D eigenvalue weighted by Gasteiger charge is 2.37. The fourth-order valence-electron chi connectivity index (χ4n) is 3.98. The van der Waals surface area contributed by atoms with Gasteiger partial charge in [0.15, 0.2) is 11.9 Å². The van der Waals surface area contributed by atoms with Gasteiger partial charge in [0.05, 0.1) is 19.3 Å². The first-order chi connectivity index (χ1) is 13.0. The topological polar surface area (TPSA) is 94.2 Å². The molecule has 2 aliphatic heterocycles. The molecule has 1 aliphatic carbocycles. The number of carbonyl (C=O) groups excluding carboxylic acids is 3. The van der Waals surface area contributed by atoms with Crippen molar-refractivity contribution in [3.63, 3.8) is 0 Å². The average Bonchev–Trinajstić information content (AvgIpc) is 3.01. The number of hydrogen-bond acceptors (Lipinski definition) is 6. The van der Waals surface area contributed by atoms with Gasteiger partial charge in [-0.2, -0.15) is 0 Å². The summed E-state index contributed by atoms with van der Waals surface area (Å²) in [5.41, 5.74) is 0. The normalized spacial score (nSPS) is 28.0. The van der Waals surface area contributed by atoms with Crippen LogP contribution in [0.2, 0.25) is 0 Å². The SMILES string of the molecule is C[C@@H]1OCC(=O)[C@@H]1NC(=O)[C@H](CC1CCCCC1)OC(=O)N1CCOCC1. The van der Waals surface area contributed by atoms with Crippen LogP contribution in [0.4, 0.5) is 4.79 Å². The quantitative estimate of drug-likeness (QED) is 0.769. The van der Waals surface area contributed by atoms with Crippen molar-refractivity contribution < 1.29 is 28.6 Å². The van der Waals surface area contributed by atoms with E-state index in [9.17, 15) is 14.4 Å². The molecule has 2 saturated heterocycles. The van der Waals surface area contributed by atoms with Gasteiger partial charge in [-0.3, -0.25) is 9.59 Å². The second-order valence-electron chi connectivity index (χ2n) is 7.68. The maximum Gasteiger partial charge on any atom is 0.410 e. The van der Waals surface area contributed by atoms with Gasteiger partial charge >= 0.3 is 6.09 Å². The predicted octanol–water partition coefficient (Wildman–Crippen LogP) is 1.27. The van der Waals surface area contributed by atoms with Gasteiger partial charge in [0.1, 0.15) is 12.6 Å². The van der Waals surface area contributed by atoms with Crippen molar-refractivity contribution in [2.24, 2.45) is 5.92 Å². The summed E-state index contributed by atoms with van der Waals surface area (Å²) in [4.78, 5) is 38.8. The summed E-state index contributed by atoms with van der Waals surface area (Å²) in [5, 5.41) is 2.74. The van der Waals surface area contributed by atoms with E-state index in [1.807, 2.05) is 0 Å². The number of carbonyl (C=O) groups is 3. The number of morpholine rings is 1. The van der Waals surface area contributed by atoms with Crippen molar-refractivity contribution in [1.29, 1.82) is 0 Å². The maximum atomic E-state index is 12.8. The number of ether oxygens (including phenoxy) is 3. The molecule has 1 saturated carbocycles. The van der Waals surface area contributed by atoms with Crippen LogP contribution in [0.5, 0.6) is 0 Å². The van der Waals surface area contributed by atoms with Crippen LogP contribution in [0.1, 0.15) is 45.4 Å². The van der Waals surface area contributed by atoms with E-state index in [4.69, 9.17) is 14.2 Å². The van der Waals surface area contributed by atoms with E-state index in [-0.39, 0.29) is 18.5 Å². The highest BCUT2D eigenvalue weighted by molar-refractivity contribution is 5.93. The molecular weight excluding hydrogens is 352 g/mol. The fourth-order valence-corrected chi connectivity index (χ4v) is 3.98. The van der Waals surface area contributed by atoms with Gasteiger partial charge in [-0.15, -0.1) is 0 Å². The molecule has 3 aliphatic rings. The van der Waals surface area contributed by atoms with E-state index < -0.39 is 24.1 Å². The summed E-state index contributed by atoms with van der Waals surface area (Å²) in [5.74, 6) is -0.190. The van der Waals surface area contributed by atoms with Gasteiger partial charge in [-0.1, -0.05) is 32.1 Å². The predicted molar refractivity (Wildman–Crippen MR) is 96.2 cm³/mol. The number of nitrogens with zero attached hydrogens (tertiary/aromatic N) is 1. The second-order valence-corrected chi connectivity index (χ2v) is 7.68. The first-order valence-corrected chi connectivity index (χ1v) is 10.0. The zero-order chi connectivity index (χ0) is 19.2. The molecule has 0 aromatic heterocycles. The Labute approximate surface area is 159 Å². The van der Waals surface area contributed by atoms with E-state index in [1.54, 1.807) is 11.8 Å². The van der Waals surface area contributed by atoms with Crippen LogP contribution in [0, 0.1) is 5.92 Å². The van der Waals surface area contributed by atoms with Crippen molar-refractivity contribution in [3.05, 3.63) is 0 Å². The van der Waals surface area contributed by atoms with E-state index in [0.717, 1.165) is 25.7 Å². The van der Waals surface area contributed by atoms with E-state index in [1.165, 1.54) is 6.42 Å². The van der Waals surface area contributed by atoms with Crippen LogP contribution in [-0.4, -0.2) is 73.8 Å². The second kappa shape index (κ2) is 9.50. The van der Waals surface area contributed by atoms with Crippen molar-refractivity contribution >= 4 is 17.8 Å². The molecule has 0 bridgehead atoms. The van der Waals surface area contributed by atoms with E-state index in [2.05, 4.69) is 5.32 Å². The summed E-state index contributed by atoms with van der Waals surface area (Å²) in [6.07, 6.45) is 4.34. The third kappa shape index (κ3) is 5.42. The molecule has 3 fully saturated rings. The molecule has 0 radical (unpaired) electrons. The Morgan fingerprint density at radius 3 is 2.56 bits per heavy atom. The molecule has 2 heterocycles. The smallest absolute Gasteiger partial charge is 0.410 e. The molecule has 0 spiro atoms. The summed E-state index contributed by atoms with van der Waals surface area (Å²) >= 11 is 0. The van der Waals surface area contributed by atoms with Crippen LogP contribution < -0.4 is 5.32 Å². The van der Waals surface area contributed by atoms with Crippen molar-refractivity contribution in [2.75, 3.05) is 32.9 Å². The molecule has 27 heavy (non-hydrogen) atoms. The Hall–Kier alpha value is -1.67. The lowest BCUT2D eigenvalue weighted by Crippen LogP contribution is -2.51. The Balaban J connectivity index is 1.63. The Kier molecular flexibility index (Phi) is 7.07. The zero-order valence-corrected chi connectivity index (χ0v) is 16.0. The minimum absolute atomic E-state index is 0.00692. The zero-order valence-electron chi connectivity index (χ0n) is 16.0. The molecule has 8 nitrogen and oxygen atoms in total. The van der Waals surface area contributed by atoms with Crippen LogP contribution in [0.25, 0.3) is 0 Å². The van der Waals surface area contributed by atoms with Crippen LogP contribution >= 0.6 is 0 Å². The molecule has 0 aromatic rings. The summed E-state index contributed by atoms with van der Waals surface area (Å²) in [6.45, 7) is 3.63. The molecule has 3 atom stereocenters. The van der Waals surface area contributed by atoms with Crippen LogP contribution in [0.3, 0.4) is 0 Å². The Morgan fingerprint density at radius 1 is 1.22 bits per heavy atom. The number of nitrogens with one attached hydrogen (secondary N) is 1. The largest absolute Gasteiger partial charge is 0.436 e. The highest BCUT2D eigenvalue weighted by Crippen LogP contribution is 2.28. The van der Waals surface area contributed by atoms with Crippen LogP contribution in [0.15, 0.2) is 0 Å². The van der Waals surface area contributed by atoms with E-state index >= 15 is 0 Å². The molecule has 1 N–H and O–H groups in total. The van der Waals surface area contributed by atoms with Gasteiger partial charge in [0.2, 0.25) is 0 Å². The first kappa shape index (κ1) is 20.1. The van der Waals surface area contributed by atoms with Gasteiger partial charge in [-0.05, 0) is 19.3 Å². The fraction of sp³-hybridized carbons (Fsp3) is 0.842. The minimum atomic E-state index is -0.885. The summed E-state index contributed by atoms with van der Waals surface area (Å²) < 4.78 is 16.1. The number of amides is 2. The summed E-state index contributed by atoms with van der Waals surface area (Å²) in [6, 6.07) is -0.673. The van der Waals surface area contributed by atoms with Crippen LogP contribution in [-0.2, 0) is 23.8 Å². The highest BCUT2D eigenvalue weighted by atomic mass is 16.6. The number of hydrogen-bond donors (Lipinski definition) is 1. The molecule has 152 valence electrons. The molecule has 8 heteroatoms. The Bertz CT molecular complexity index is 542. The van der Waals surface area contributed by atoms with Crippen molar-refractivity contribution in [2.45, 2.75) is 63.7 Å². The minimum Gasteiger partial charge on any atom is -0.436 e. The van der Waals surface area contributed by atoms with E-state index in [0.29, 0.717) is 38.6 Å². The first-order valence-electron chi connectivity index (χ1n) is 10.0.